The maximum Gasteiger partial charge on any atom is 0.229 e. The third-order valence-corrected chi connectivity index (χ3v) is 4.49. The molecule has 1 atom stereocenters. The number of carbonyl (C=O) groups is 1. The van der Waals surface area contributed by atoms with Crippen LogP contribution in [0.25, 0.3) is 0 Å². The Morgan fingerprint density at radius 2 is 2.12 bits per heavy atom. The maximum absolute atomic E-state index is 12.8. The fraction of sp³-hybridized carbons (Fsp3) is 0.316. The van der Waals surface area contributed by atoms with Gasteiger partial charge in [-0.25, -0.2) is 0 Å². The molecule has 0 spiro atoms. The molecule has 0 fully saturated rings. The minimum absolute atomic E-state index is 0.0616. The van der Waals surface area contributed by atoms with Gasteiger partial charge in [-0.1, -0.05) is 29.8 Å². The van der Waals surface area contributed by atoms with E-state index in [1.807, 2.05) is 43.4 Å². The molecule has 2 aromatic rings. The zero-order chi connectivity index (χ0) is 17.1. The van der Waals surface area contributed by atoms with Crippen molar-refractivity contribution in [1.29, 1.82) is 0 Å². The second-order valence-electron chi connectivity index (χ2n) is 5.97. The van der Waals surface area contributed by atoms with Crippen molar-refractivity contribution >= 4 is 17.5 Å². The highest BCUT2D eigenvalue weighted by atomic mass is 35.5. The lowest BCUT2D eigenvalue weighted by molar-refractivity contribution is -0.136. The molecule has 5 heteroatoms. The molecule has 1 aliphatic heterocycles. The van der Waals surface area contributed by atoms with Crippen LogP contribution in [0.2, 0.25) is 5.02 Å². The third-order valence-electron chi connectivity index (χ3n) is 4.25. The van der Waals surface area contributed by atoms with Gasteiger partial charge in [-0.05, 0) is 36.2 Å². The molecule has 3 rings (SSSR count). The van der Waals surface area contributed by atoms with Gasteiger partial charge in [0.25, 0.3) is 0 Å². The second kappa shape index (κ2) is 7.14. The van der Waals surface area contributed by atoms with Gasteiger partial charge in [0.15, 0.2) is 0 Å². The Morgan fingerprint density at radius 1 is 1.33 bits per heavy atom. The highest BCUT2D eigenvalue weighted by molar-refractivity contribution is 6.30. The monoisotopic (exact) mass is 345 g/mol. The summed E-state index contributed by atoms with van der Waals surface area (Å²) in [6.07, 6.45) is 0.644. The molecule has 0 N–H and O–H groups in total. The lowest BCUT2D eigenvalue weighted by Gasteiger charge is -2.28. The van der Waals surface area contributed by atoms with Crippen LogP contribution in [0, 0.1) is 5.92 Å². The third kappa shape index (κ3) is 3.49. The van der Waals surface area contributed by atoms with Crippen molar-refractivity contribution in [2.75, 3.05) is 20.8 Å². The van der Waals surface area contributed by atoms with Crippen molar-refractivity contribution in [3.05, 3.63) is 58.6 Å². The van der Waals surface area contributed by atoms with Crippen molar-refractivity contribution in [1.82, 2.24) is 4.90 Å². The van der Waals surface area contributed by atoms with Gasteiger partial charge in [0.05, 0.1) is 13.0 Å². The molecule has 24 heavy (non-hydrogen) atoms. The Kier molecular flexibility index (Phi) is 4.95. The number of ether oxygens (including phenoxy) is 2. The van der Waals surface area contributed by atoms with Crippen molar-refractivity contribution < 1.29 is 14.3 Å². The van der Waals surface area contributed by atoms with Crippen LogP contribution in [0.5, 0.6) is 11.5 Å². The van der Waals surface area contributed by atoms with Crippen LogP contribution in [-0.4, -0.2) is 31.6 Å². The number of halogens is 1. The summed E-state index contributed by atoms with van der Waals surface area (Å²) in [6, 6.07) is 13.3. The Hall–Kier alpha value is -2.20. The lowest BCUT2D eigenvalue weighted by atomic mass is 9.95. The number of carbonyl (C=O) groups excluding carboxylic acids is 1. The summed E-state index contributed by atoms with van der Waals surface area (Å²) in [5.41, 5.74) is 1.97. The van der Waals surface area contributed by atoms with E-state index < -0.39 is 0 Å². The van der Waals surface area contributed by atoms with E-state index in [4.69, 9.17) is 21.1 Å². The minimum Gasteiger partial charge on any atom is -0.496 e. The molecule has 1 aliphatic rings. The zero-order valence-electron chi connectivity index (χ0n) is 13.8. The van der Waals surface area contributed by atoms with Crippen LogP contribution in [0.15, 0.2) is 42.5 Å². The van der Waals surface area contributed by atoms with E-state index in [1.165, 1.54) is 0 Å². The molecular formula is C19H20ClNO3. The molecule has 1 amide bonds. The number of methoxy groups -OCH3 is 1. The van der Waals surface area contributed by atoms with Gasteiger partial charge in [-0.2, -0.15) is 0 Å². The quantitative estimate of drug-likeness (QED) is 0.850. The SMILES string of the molecule is COc1ccccc1CN(C)C(=O)[C@@H]1COc2ccc(Cl)cc2C1. The molecule has 0 saturated carbocycles. The van der Waals surface area contributed by atoms with Gasteiger partial charge < -0.3 is 14.4 Å². The van der Waals surface area contributed by atoms with Gasteiger partial charge in [0.2, 0.25) is 5.91 Å². The molecule has 4 nitrogen and oxygen atoms in total. The summed E-state index contributed by atoms with van der Waals surface area (Å²) in [4.78, 5) is 14.5. The van der Waals surface area contributed by atoms with Crippen LogP contribution in [0.3, 0.4) is 0 Å². The summed E-state index contributed by atoms with van der Waals surface area (Å²) in [6.45, 7) is 0.894. The Morgan fingerprint density at radius 3 is 2.92 bits per heavy atom. The molecule has 0 aliphatic carbocycles. The largest absolute Gasteiger partial charge is 0.496 e. The number of amides is 1. The van der Waals surface area contributed by atoms with Crippen molar-refractivity contribution in [3.8, 4) is 11.5 Å². The molecule has 0 unspecified atom stereocenters. The second-order valence-corrected chi connectivity index (χ2v) is 6.41. The smallest absolute Gasteiger partial charge is 0.229 e. The summed E-state index contributed by atoms with van der Waals surface area (Å²) in [7, 11) is 3.44. The number of rotatable bonds is 4. The molecule has 2 aromatic carbocycles. The van der Waals surface area contributed by atoms with Crippen LogP contribution in [-0.2, 0) is 17.8 Å². The van der Waals surface area contributed by atoms with E-state index in [9.17, 15) is 4.79 Å². The Balaban J connectivity index is 1.70. The average molecular weight is 346 g/mol. The fourth-order valence-corrected chi connectivity index (χ4v) is 3.20. The first-order valence-corrected chi connectivity index (χ1v) is 8.24. The Bertz CT molecular complexity index is 747. The van der Waals surface area contributed by atoms with E-state index >= 15 is 0 Å². The first-order valence-electron chi connectivity index (χ1n) is 7.86. The average Bonchev–Trinajstić information content (AvgIpc) is 2.60. The van der Waals surface area contributed by atoms with Crippen LogP contribution in [0.4, 0.5) is 0 Å². The van der Waals surface area contributed by atoms with E-state index in [1.54, 1.807) is 18.1 Å². The predicted molar refractivity (Wildman–Crippen MR) is 93.6 cm³/mol. The van der Waals surface area contributed by atoms with Crippen LogP contribution < -0.4 is 9.47 Å². The molecule has 0 saturated heterocycles. The molecule has 126 valence electrons. The molecule has 0 aromatic heterocycles. The topological polar surface area (TPSA) is 38.8 Å². The number of para-hydroxylation sites is 1. The number of hydrogen-bond acceptors (Lipinski definition) is 3. The summed E-state index contributed by atoms with van der Waals surface area (Å²) < 4.78 is 11.1. The zero-order valence-corrected chi connectivity index (χ0v) is 14.5. The number of hydrogen-bond donors (Lipinski definition) is 0. The van der Waals surface area contributed by atoms with Crippen LogP contribution in [0.1, 0.15) is 11.1 Å². The lowest BCUT2D eigenvalue weighted by Crippen LogP contribution is -2.38. The van der Waals surface area contributed by atoms with E-state index in [0.717, 1.165) is 22.6 Å². The van der Waals surface area contributed by atoms with E-state index in [0.29, 0.717) is 24.6 Å². The molecule has 1 heterocycles. The first-order chi connectivity index (χ1) is 11.6. The van der Waals surface area contributed by atoms with Gasteiger partial charge in [0, 0.05) is 24.2 Å². The van der Waals surface area contributed by atoms with Crippen molar-refractivity contribution in [3.63, 3.8) is 0 Å². The number of fused-ring (bicyclic) bond motifs is 1. The molecule has 0 radical (unpaired) electrons. The number of nitrogens with zero attached hydrogens (tertiary/aromatic N) is 1. The molecular weight excluding hydrogens is 326 g/mol. The van der Waals surface area contributed by atoms with Gasteiger partial charge in [-0.3, -0.25) is 4.79 Å². The first kappa shape index (κ1) is 16.7. The van der Waals surface area contributed by atoms with E-state index in [2.05, 4.69) is 0 Å². The van der Waals surface area contributed by atoms with E-state index in [-0.39, 0.29) is 11.8 Å². The summed E-state index contributed by atoms with van der Waals surface area (Å²) in [5, 5.41) is 0.660. The maximum atomic E-state index is 12.8. The van der Waals surface area contributed by atoms with Gasteiger partial charge in [0.1, 0.15) is 18.1 Å². The fourth-order valence-electron chi connectivity index (χ4n) is 3.00. The van der Waals surface area contributed by atoms with Gasteiger partial charge in [-0.15, -0.1) is 0 Å². The Labute approximate surface area is 146 Å². The van der Waals surface area contributed by atoms with Gasteiger partial charge >= 0.3 is 0 Å². The predicted octanol–water partition coefficient (Wildman–Crippen LogP) is 3.56. The highest BCUT2D eigenvalue weighted by Gasteiger charge is 2.28. The number of benzene rings is 2. The minimum atomic E-state index is -0.198. The normalized spacial score (nSPS) is 16.0. The van der Waals surface area contributed by atoms with Crippen molar-refractivity contribution in [2.24, 2.45) is 5.92 Å². The summed E-state index contributed by atoms with van der Waals surface area (Å²) in [5.74, 6) is 1.47. The van der Waals surface area contributed by atoms with Crippen molar-refractivity contribution in [2.45, 2.75) is 13.0 Å². The molecule has 0 bridgehead atoms. The summed E-state index contributed by atoms with van der Waals surface area (Å²) >= 11 is 6.04. The standard InChI is InChI=1S/C19H20ClNO3/c1-21(11-13-5-3-4-6-17(13)23-2)19(22)15-9-14-10-16(20)7-8-18(14)24-12-15/h3-8,10,15H,9,11-12H2,1-2H3/t15-/m0/s1. The highest BCUT2D eigenvalue weighted by Crippen LogP contribution is 2.30. The van der Waals surface area contributed by atoms with Crippen LogP contribution >= 0.6 is 11.6 Å².